The number of ether oxygens (including phenoxy) is 1. The molecule has 2 N–H and O–H groups in total. The van der Waals surface area contributed by atoms with Crippen LogP contribution >= 0.6 is 0 Å². The molecule has 1 saturated carbocycles. The first kappa shape index (κ1) is 17.1. The van der Waals surface area contributed by atoms with E-state index >= 15 is 0 Å². The zero-order valence-corrected chi connectivity index (χ0v) is 14.1. The first-order chi connectivity index (χ1) is 11.7. The van der Waals surface area contributed by atoms with Crippen molar-refractivity contribution in [3.63, 3.8) is 0 Å². The number of rotatable bonds is 4. The van der Waals surface area contributed by atoms with E-state index in [0.717, 1.165) is 51.3 Å². The first-order valence-corrected chi connectivity index (χ1v) is 8.60. The largest absolute Gasteiger partial charge is 0.389 e. The summed E-state index contributed by atoms with van der Waals surface area (Å²) >= 11 is 0. The summed E-state index contributed by atoms with van der Waals surface area (Å²) in [6.45, 7) is 3.14. The van der Waals surface area contributed by atoms with E-state index in [9.17, 15) is 9.90 Å². The Balaban J connectivity index is 1.62. The Morgan fingerprint density at radius 3 is 2.96 bits per heavy atom. The highest BCUT2D eigenvalue weighted by atomic mass is 16.5. The van der Waals surface area contributed by atoms with E-state index in [2.05, 4.69) is 14.9 Å². The summed E-state index contributed by atoms with van der Waals surface area (Å²) in [5, 5.41) is 10.8. The highest BCUT2D eigenvalue weighted by Gasteiger charge is 2.38. The molecular formula is C17H26N4O3. The molecular weight excluding hydrogens is 308 g/mol. The van der Waals surface area contributed by atoms with Crippen LogP contribution in [0.3, 0.4) is 0 Å². The molecule has 132 valence electrons. The van der Waals surface area contributed by atoms with Crippen LogP contribution in [0.2, 0.25) is 0 Å². The smallest absolute Gasteiger partial charge is 0.246 e. The summed E-state index contributed by atoms with van der Waals surface area (Å²) in [4.78, 5) is 23.3. The molecule has 3 atom stereocenters. The summed E-state index contributed by atoms with van der Waals surface area (Å²) in [5.74, 6) is -0.101. The van der Waals surface area contributed by atoms with E-state index in [4.69, 9.17) is 4.74 Å². The van der Waals surface area contributed by atoms with Crippen LogP contribution in [0.1, 0.15) is 25.0 Å². The van der Waals surface area contributed by atoms with Crippen molar-refractivity contribution in [2.24, 2.45) is 0 Å². The number of likely N-dealkylation sites (N-methyl/N-ethyl adjacent to an activating group) is 1. The number of hydrogen-bond acceptors (Lipinski definition) is 5. The molecule has 0 aromatic carbocycles. The van der Waals surface area contributed by atoms with Crippen LogP contribution in [-0.2, 0) is 9.53 Å². The van der Waals surface area contributed by atoms with Crippen molar-refractivity contribution in [2.75, 3.05) is 33.4 Å². The van der Waals surface area contributed by atoms with Gasteiger partial charge >= 0.3 is 0 Å². The molecule has 2 aliphatic rings. The quantitative estimate of drug-likeness (QED) is 0.784. The number of aliphatic hydroxyl groups is 1. The molecule has 0 spiro atoms. The van der Waals surface area contributed by atoms with E-state index in [1.165, 1.54) is 6.08 Å². The van der Waals surface area contributed by atoms with Gasteiger partial charge in [0, 0.05) is 32.3 Å². The number of nitrogens with one attached hydrogen (secondary N) is 1. The minimum Gasteiger partial charge on any atom is -0.389 e. The Kier molecular flexibility index (Phi) is 5.65. The van der Waals surface area contributed by atoms with Gasteiger partial charge in [0.05, 0.1) is 43.6 Å². The van der Waals surface area contributed by atoms with Crippen LogP contribution in [0, 0.1) is 0 Å². The number of amides is 1. The molecule has 2 fully saturated rings. The highest BCUT2D eigenvalue weighted by Crippen LogP contribution is 2.27. The number of hydrogen-bond donors (Lipinski definition) is 2. The van der Waals surface area contributed by atoms with Gasteiger partial charge < -0.3 is 19.7 Å². The van der Waals surface area contributed by atoms with Gasteiger partial charge in [0.2, 0.25) is 5.91 Å². The van der Waals surface area contributed by atoms with E-state index < -0.39 is 6.10 Å². The zero-order valence-electron chi connectivity index (χ0n) is 14.1. The molecule has 3 rings (SSSR count). The number of aromatic nitrogens is 2. The van der Waals surface area contributed by atoms with E-state index in [1.807, 2.05) is 0 Å². The Hall–Kier alpha value is -1.70. The van der Waals surface area contributed by atoms with E-state index in [1.54, 1.807) is 30.5 Å². The number of imidazole rings is 1. The Labute approximate surface area is 142 Å². The van der Waals surface area contributed by atoms with Crippen molar-refractivity contribution < 1.29 is 14.6 Å². The number of nitrogens with zero attached hydrogens (tertiary/aromatic N) is 3. The second-order valence-electron chi connectivity index (χ2n) is 6.49. The fourth-order valence-corrected chi connectivity index (χ4v) is 3.66. The number of morpholine rings is 1. The van der Waals surface area contributed by atoms with Gasteiger partial charge in [-0.25, -0.2) is 4.98 Å². The molecule has 1 aromatic heterocycles. The van der Waals surface area contributed by atoms with Crippen LogP contribution in [0.5, 0.6) is 0 Å². The lowest BCUT2D eigenvalue weighted by atomic mass is 9.86. The average molecular weight is 334 g/mol. The van der Waals surface area contributed by atoms with Crippen LogP contribution in [-0.4, -0.2) is 82.3 Å². The summed E-state index contributed by atoms with van der Waals surface area (Å²) in [6, 6.07) is -0.0370. The number of aromatic amines is 1. The number of carbonyl (C=O) groups is 1. The van der Waals surface area contributed by atoms with Crippen molar-refractivity contribution in [3.8, 4) is 0 Å². The lowest BCUT2D eigenvalue weighted by Crippen LogP contribution is -2.58. The first-order valence-electron chi connectivity index (χ1n) is 8.60. The summed E-state index contributed by atoms with van der Waals surface area (Å²) in [5.41, 5.74) is 0.784. The van der Waals surface area contributed by atoms with Crippen molar-refractivity contribution in [1.82, 2.24) is 19.8 Å². The van der Waals surface area contributed by atoms with E-state index in [-0.39, 0.29) is 18.0 Å². The lowest BCUT2D eigenvalue weighted by molar-refractivity contribution is -0.133. The van der Waals surface area contributed by atoms with Gasteiger partial charge in [-0.15, -0.1) is 0 Å². The van der Waals surface area contributed by atoms with Crippen LogP contribution in [0.4, 0.5) is 0 Å². The second kappa shape index (κ2) is 7.92. The predicted molar refractivity (Wildman–Crippen MR) is 90.2 cm³/mol. The van der Waals surface area contributed by atoms with Crippen molar-refractivity contribution in [1.29, 1.82) is 0 Å². The molecule has 0 bridgehead atoms. The maximum absolute atomic E-state index is 12.4. The molecule has 24 heavy (non-hydrogen) atoms. The third-order valence-corrected chi connectivity index (χ3v) is 5.07. The third kappa shape index (κ3) is 3.85. The topological polar surface area (TPSA) is 81.7 Å². The van der Waals surface area contributed by atoms with Crippen molar-refractivity contribution in [3.05, 3.63) is 24.3 Å². The normalized spacial score (nSPS) is 29.0. The van der Waals surface area contributed by atoms with Gasteiger partial charge in [0.25, 0.3) is 0 Å². The number of aliphatic hydroxyl groups excluding tert-OH is 1. The van der Waals surface area contributed by atoms with Crippen molar-refractivity contribution >= 4 is 12.0 Å². The fourth-order valence-electron chi connectivity index (χ4n) is 3.66. The Bertz CT molecular complexity index is 554. The number of H-pyrrole nitrogens is 1. The predicted octanol–water partition coefficient (Wildman–Crippen LogP) is 0.496. The standard InChI is InChI=1S/C17H26N4O3/c1-20(16(22)6-5-13-11-18-12-19-13)14-3-2-4-15(17(14)23)21-7-9-24-10-8-21/h5-6,11-12,14-15,17,23H,2-4,7-10H2,1H3,(H,18,19)/t14-,15-,17-/m1/s1. The van der Waals surface area contributed by atoms with Gasteiger partial charge in [0.15, 0.2) is 0 Å². The maximum Gasteiger partial charge on any atom is 0.246 e. The summed E-state index contributed by atoms with van der Waals surface area (Å²) < 4.78 is 5.40. The molecule has 1 aliphatic heterocycles. The molecule has 0 radical (unpaired) electrons. The van der Waals surface area contributed by atoms with Gasteiger partial charge in [-0.1, -0.05) is 0 Å². The highest BCUT2D eigenvalue weighted by molar-refractivity contribution is 5.91. The summed E-state index contributed by atoms with van der Waals surface area (Å²) in [7, 11) is 1.77. The third-order valence-electron chi connectivity index (χ3n) is 5.07. The fraction of sp³-hybridized carbons (Fsp3) is 0.647. The molecule has 1 saturated heterocycles. The van der Waals surface area contributed by atoms with Crippen LogP contribution in [0.15, 0.2) is 18.6 Å². The minimum absolute atomic E-state index is 0.101. The average Bonchev–Trinajstić information content (AvgIpc) is 3.13. The molecule has 0 unspecified atom stereocenters. The Morgan fingerprint density at radius 1 is 1.46 bits per heavy atom. The monoisotopic (exact) mass is 334 g/mol. The van der Waals surface area contributed by atoms with Gasteiger partial charge in [-0.05, 0) is 25.3 Å². The zero-order chi connectivity index (χ0) is 16.9. The lowest BCUT2D eigenvalue weighted by Gasteiger charge is -2.45. The molecule has 1 amide bonds. The molecule has 7 heteroatoms. The van der Waals surface area contributed by atoms with Gasteiger partial charge in [-0.3, -0.25) is 9.69 Å². The second-order valence-corrected chi connectivity index (χ2v) is 6.49. The van der Waals surface area contributed by atoms with Gasteiger partial charge in [-0.2, -0.15) is 0 Å². The minimum atomic E-state index is -0.522. The Morgan fingerprint density at radius 2 is 2.25 bits per heavy atom. The van der Waals surface area contributed by atoms with Gasteiger partial charge in [0.1, 0.15) is 0 Å². The SMILES string of the molecule is CN(C(=O)C=Cc1cnc[nH]1)[C@@H]1CCC[C@@H](N2CCOCC2)[C@@H]1O. The van der Waals surface area contributed by atoms with Crippen LogP contribution < -0.4 is 0 Å². The molecule has 7 nitrogen and oxygen atoms in total. The van der Waals surface area contributed by atoms with Crippen LogP contribution in [0.25, 0.3) is 6.08 Å². The molecule has 1 aliphatic carbocycles. The maximum atomic E-state index is 12.4. The number of carbonyl (C=O) groups excluding carboxylic acids is 1. The van der Waals surface area contributed by atoms with Crippen molar-refractivity contribution in [2.45, 2.75) is 37.5 Å². The molecule has 1 aromatic rings. The van der Waals surface area contributed by atoms with E-state index in [0.29, 0.717) is 0 Å². The summed E-state index contributed by atoms with van der Waals surface area (Å²) in [6.07, 6.45) is 8.78. The molecule has 2 heterocycles.